The molecule has 1 aromatic heterocycles. The van der Waals surface area contributed by atoms with Crippen molar-refractivity contribution in [2.45, 2.75) is 38.0 Å². The van der Waals surface area contributed by atoms with E-state index in [0.717, 1.165) is 10.4 Å². The van der Waals surface area contributed by atoms with Gasteiger partial charge in [-0.15, -0.1) is 11.3 Å². The maximum Gasteiger partial charge on any atom is 0.306 e. The molecule has 2 aromatic rings. The van der Waals surface area contributed by atoms with Gasteiger partial charge in [0.2, 0.25) is 0 Å². The summed E-state index contributed by atoms with van der Waals surface area (Å²) in [5.74, 6) is -0.947. The first-order chi connectivity index (χ1) is 14.6. The number of hydrogen-bond donors (Lipinski definition) is 0. The van der Waals surface area contributed by atoms with E-state index in [0.29, 0.717) is 32.7 Å². The molecule has 1 saturated heterocycles. The predicted molar refractivity (Wildman–Crippen MR) is 115 cm³/mol. The molecule has 0 aliphatic carbocycles. The van der Waals surface area contributed by atoms with Gasteiger partial charge in [0.05, 0.1) is 38.4 Å². The van der Waals surface area contributed by atoms with Crippen LogP contribution in [0.1, 0.15) is 48.5 Å². The van der Waals surface area contributed by atoms with Crippen LogP contribution in [0.3, 0.4) is 0 Å². The number of ether oxygens (including phenoxy) is 2. The molecule has 0 radical (unpaired) electrons. The molecule has 1 aromatic carbocycles. The number of esters is 1. The molecule has 2 heterocycles. The Kier molecular flexibility index (Phi) is 7.63. The summed E-state index contributed by atoms with van der Waals surface area (Å²) in [7, 11) is 0. The van der Waals surface area contributed by atoms with Crippen LogP contribution in [0.2, 0.25) is 0 Å². The van der Waals surface area contributed by atoms with E-state index in [1.54, 1.807) is 6.92 Å². The molecule has 0 saturated carbocycles. The highest BCUT2D eigenvalue weighted by molar-refractivity contribution is 7.10. The van der Waals surface area contributed by atoms with Crippen LogP contribution in [0.5, 0.6) is 0 Å². The molecule has 5 nitrogen and oxygen atoms in total. The fourth-order valence-electron chi connectivity index (χ4n) is 4.32. The fourth-order valence-corrected chi connectivity index (χ4v) is 5.33. The molecule has 3 atom stereocenters. The van der Waals surface area contributed by atoms with Gasteiger partial charge in [0, 0.05) is 22.6 Å². The van der Waals surface area contributed by atoms with E-state index in [-0.39, 0.29) is 24.2 Å². The van der Waals surface area contributed by atoms with Crippen molar-refractivity contribution >= 4 is 17.3 Å². The maximum absolute atomic E-state index is 12.3. The number of nitriles is 2. The summed E-state index contributed by atoms with van der Waals surface area (Å²) in [5.41, 5.74) is -0.0956. The highest BCUT2D eigenvalue weighted by atomic mass is 32.1. The second-order valence-corrected chi connectivity index (χ2v) is 8.62. The van der Waals surface area contributed by atoms with Gasteiger partial charge in [-0.25, -0.2) is 0 Å². The quantitative estimate of drug-likeness (QED) is 0.631. The third-order valence-electron chi connectivity index (χ3n) is 5.79. The van der Waals surface area contributed by atoms with E-state index in [9.17, 15) is 15.3 Å². The van der Waals surface area contributed by atoms with Crippen molar-refractivity contribution in [1.82, 2.24) is 0 Å². The first kappa shape index (κ1) is 22.0. The van der Waals surface area contributed by atoms with Crippen LogP contribution in [0.25, 0.3) is 0 Å². The third kappa shape index (κ3) is 4.90. The molecule has 3 rings (SSSR count). The van der Waals surface area contributed by atoms with Gasteiger partial charge in [0.25, 0.3) is 0 Å². The average molecular weight is 423 g/mol. The monoisotopic (exact) mass is 422 g/mol. The van der Waals surface area contributed by atoms with Crippen molar-refractivity contribution in [1.29, 1.82) is 10.5 Å². The number of thiophene rings is 1. The summed E-state index contributed by atoms with van der Waals surface area (Å²) in [5, 5.41) is 22.4. The number of carbonyl (C=O) groups is 1. The van der Waals surface area contributed by atoms with Crippen LogP contribution >= 0.6 is 11.3 Å². The predicted octanol–water partition coefficient (Wildman–Crippen LogP) is 5.03. The van der Waals surface area contributed by atoms with Crippen LogP contribution in [-0.4, -0.2) is 25.8 Å². The topological polar surface area (TPSA) is 83.1 Å². The zero-order valence-corrected chi connectivity index (χ0v) is 17.9. The van der Waals surface area contributed by atoms with Crippen LogP contribution in [0.4, 0.5) is 0 Å². The summed E-state index contributed by atoms with van der Waals surface area (Å²) < 4.78 is 11.3. The standard InChI is InChI=1S/C24H26N2O3S/c1-2-29-22(27)13-20-15-28-14-19(18-7-4-3-5-8-18)10-11-24(16-25,17-26)23(20)21-9-6-12-30-21/h3-9,12,19-20,23H,2,10-11,13-15H2,1H3. The molecule has 0 N–H and O–H groups in total. The minimum atomic E-state index is -1.23. The average Bonchev–Trinajstić information content (AvgIpc) is 3.30. The Morgan fingerprint density at radius 1 is 1.20 bits per heavy atom. The Bertz CT molecular complexity index is 885. The van der Waals surface area contributed by atoms with E-state index in [1.807, 2.05) is 35.7 Å². The summed E-state index contributed by atoms with van der Waals surface area (Å²) >= 11 is 1.52. The van der Waals surface area contributed by atoms with E-state index < -0.39 is 11.3 Å². The van der Waals surface area contributed by atoms with E-state index in [2.05, 4.69) is 24.3 Å². The molecule has 6 heteroatoms. The highest BCUT2D eigenvalue weighted by Gasteiger charge is 2.47. The normalized spacial score (nSPS) is 23.8. The van der Waals surface area contributed by atoms with Crippen LogP contribution in [0, 0.1) is 34.0 Å². The first-order valence-electron chi connectivity index (χ1n) is 10.3. The number of nitrogens with zero attached hydrogens (tertiary/aromatic N) is 2. The minimum absolute atomic E-state index is 0.0950. The number of benzene rings is 1. The van der Waals surface area contributed by atoms with Gasteiger partial charge in [-0.05, 0) is 36.8 Å². The molecule has 1 aliphatic heterocycles. The summed E-state index contributed by atoms with van der Waals surface area (Å²) in [6, 6.07) is 18.6. The lowest BCUT2D eigenvalue weighted by molar-refractivity contribution is -0.145. The molecule has 0 bridgehead atoms. The SMILES string of the molecule is CCOC(=O)CC1COCC(c2ccccc2)CCC(C#N)(C#N)C1c1cccs1. The Labute approximate surface area is 181 Å². The second kappa shape index (κ2) is 10.4. The zero-order valence-electron chi connectivity index (χ0n) is 17.1. The van der Waals surface area contributed by atoms with Crippen molar-refractivity contribution in [2.24, 2.45) is 11.3 Å². The molecule has 3 unspecified atom stereocenters. The molecular weight excluding hydrogens is 396 g/mol. The molecule has 156 valence electrons. The zero-order chi connectivity index (χ0) is 21.4. The van der Waals surface area contributed by atoms with Crippen LogP contribution < -0.4 is 0 Å². The molecule has 0 amide bonds. The van der Waals surface area contributed by atoms with Gasteiger partial charge in [0.15, 0.2) is 5.41 Å². The number of hydrogen-bond acceptors (Lipinski definition) is 6. The Morgan fingerprint density at radius 3 is 2.60 bits per heavy atom. The van der Waals surface area contributed by atoms with E-state index in [4.69, 9.17) is 9.47 Å². The van der Waals surface area contributed by atoms with Crippen LogP contribution in [0.15, 0.2) is 47.8 Å². The fraction of sp³-hybridized carbons (Fsp3) is 0.458. The second-order valence-electron chi connectivity index (χ2n) is 7.64. The lowest BCUT2D eigenvalue weighted by atomic mass is 9.66. The molecule has 30 heavy (non-hydrogen) atoms. The third-order valence-corrected chi connectivity index (χ3v) is 6.75. The lowest BCUT2D eigenvalue weighted by Gasteiger charge is -2.34. The Morgan fingerprint density at radius 2 is 1.97 bits per heavy atom. The van der Waals surface area contributed by atoms with Gasteiger partial charge in [-0.2, -0.15) is 10.5 Å². The highest BCUT2D eigenvalue weighted by Crippen LogP contribution is 2.49. The minimum Gasteiger partial charge on any atom is -0.466 e. The largest absolute Gasteiger partial charge is 0.466 e. The van der Waals surface area contributed by atoms with Crippen molar-refractivity contribution < 1.29 is 14.3 Å². The first-order valence-corrected chi connectivity index (χ1v) is 11.2. The molecule has 1 aliphatic rings. The van der Waals surface area contributed by atoms with Crippen molar-refractivity contribution in [3.63, 3.8) is 0 Å². The molecular formula is C24H26N2O3S. The summed E-state index contributed by atoms with van der Waals surface area (Å²) in [6.45, 7) is 2.87. The van der Waals surface area contributed by atoms with Gasteiger partial charge in [-0.1, -0.05) is 36.4 Å². The number of carbonyl (C=O) groups excluding carboxylic acids is 1. The van der Waals surface area contributed by atoms with Crippen molar-refractivity contribution in [3.8, 4) is 12.1 Å². The van der Waals surface area contributed by atoms with Gasteiger partial charge in [0.1, 0.15) is 0 Å². The van der Waals surface area contributed by atoms with Crippen molar-refractivity contribution in [3.05, 3.63) is 58.3 Å². The Balaban J connectivity index is 1.99. The maximum atomic E-state index is 12.3. The summed E-state index contributed by atoms with van der Waals surface area (Å²) in [6.07, 6.45) is 1.21. The van der Waals surface area contributed by atoms with Crippen molar-refractivity contribution in [2.75, 3.05) is 19.8 Å². The van der Waals surface area contributed by atoms with Gasteiger partial charge in [-0.3, -0.25) is 4.79 Å². The lowest BCUT2D eigenvalue weighted by Crippen LogP contribution is -2.34. The number of rotatable bonds is 5. The van der Waals surface area contributed by atoms with Crippen LogP contribution in [-0.2, 0) is 14.3 Å². The summed E-state index contributed by atoms with van der Waals surface area (Å²) in [4.78, 5) is 13.3. The van der Waals surface area contributed by atoms with Gasteiger partial charge < -0.3 is 9.47 Å². The van der Waals surface area contributed by atoms with Gasteiger partial charge >= 0.3 is 5.97 Å². The smallest absolute Gasteiger partial charge is 0.306 e. The molecule has 0 spiro atoms. The van der Waals surface area contributed by atoms with E-state index in [1.165, 1.54) is 11.3 Å². The molecule has 1 fully saturated rings. The van der Waals surface area contributed by atoms with E-state index >= 15 is 0 Å². The Hall–Kier alpha value is -2.67.